The number of carbonyl (C=O) groups is 1. The van der Waals surface area contributed by atoms with Crippen molar-refractivity contribution in [1.82, 2.24) is 10.2 Å². The van der Waals surface area contributed by atoms with E-state index in [0.717, 1.165) is 11.1 Å². The van der Waals surface area contributed by atoms with Crippen LogP contribution in [-0.4, -0.2) is 23.2 Å². The predicted octanol–water partition coefficient (Wildman–Crippen LogP) is 2.49. The predicted molar refractivity (Wildman–Crippen MR) is 83.1 cm³/mol. The van der Waals surface area contributed by atoms with Gasteiger partial charge in [-0.05, 0) is 18.2 Å². The molecule has 0 radical (unpaired) electrons. The number of benzene rings is 2. The molecule has 5 heteroatoms. The summed E-state index contributed by atoms with van der Waals surface area (Å²) in [6, 6.07) is 16.7. The molecule has 5 nitrogen and oxygen atoms in total. The van der Waals surface area contributed by atoms with E-state index in [2.05, 4.69) is 10.2 Å². The topological polar surface area (TPSA) is 72.1 Å². The lowest BCUT2D eigenvalue weighted by atomic mass is 10.1. The van der Waals surface area contributed by atoms with E-state index in [1.807, 2.05) is 54.6 Å². The summed E-state index contributed by atoms with van der Waals surface area (Å²) in [5.74, 6) is -0.281. The number of amides is 1. The monoisotopic (exact) mass is 278 g/mol. The summed E-state index contributed by atoms with van der Waals surface area (Å²) >= 11 is 0. The highest BCUT2D eigenvalue weighted by molar-refractivity contribution is 6.11. The number of fused-ring (bicyclic) bond motifs is 1. The van der Waals surface area contributed by atoms with Crippen molar-refractivity contribution in [3.05, 3.63) is 60.3 Å². The number of para-hydroxylation sites is 1. The number of hydrogen-bond acceptors (Lipinski definition) is 4. The highest BCUT2D eigenvalue weighted by atomic mass is 16.2. The molecule has 0 aliphatic carbocycles. The van der Waals surface area contributed by atoms with Crippen molar-refractivity contribution in [3.63, 3.8) is 0 Å². The summed E-state index contributed by atoms with van der Waals surface area (Å²) in [5, 5.41) is 8.78. The van der Waals surface area contributed by atoms with Gasteiger partial charge in [0.2, 0.25) is 0 Å². The van der Waals surface area contributed by atoms with Gasteiger partial charge >= 0.3 is 0 Å². The fourth-order valence-corrected chi connectivity index (χ4v) is 2.16. The number of nitrogens with zero attached hydrogens (tertiary/aromatic N) is 3. The largest absolute Gasteiger partial charge is 0.396 e. The van der Waals surface area contributed by atoms with Crippen LogP contribution in [-0.2, 0) is 0 Å². The summed E-state index contributed by atoms with van der Waals surface area (Å²) in [6.45, 7) is 0. The first-order valence-electron chi connectivity index (χ1n) is 6.52. The number of aromatic nitrogens is 2. The molecule has 0 aliphatic rings. The molecule has 2 aromatic carbocycles. The molecule has 0 bridgehead atoms. The van der Waals surface area contributed by atoms with Gasteiger partial charge in [0.1, 0.15) is 0 Å². The number of nitrogen functional groups attached to an aromatic ring is 1. The van der Waals surface area contributed by atoms with Crippen LogP contribution in [0.25, 0.3) is 10.9 Å². The van der Waals surface area contributed by atoms with Gasteiger partial charge in [0.05, 0.1) is 11.2 Å². The molecule has 0 saturated carbocycles. The highest BCUT2D eigenvalue weighted by Gasteiger charge is 2.19. The Morgan fingerprint density at radius 3 is 2.43 bits per heavy atom. The van der Waals surface area contributed by atoms with Crippen LogP contribution in [0.3, 0.4) is 0 Å². The van der Waals surface area contributed by atoms with E-state index in [9.17, 15) is 4.79 Å². The van der Waals surface area contributed by atoms with E-state index in [1.165, 1.54) is 4.90 Å². The van der Waals surface area contributed by atoms with Crippen LogP contribution in [0.15, 0.2) is 54.6 Å². The normalized spacial score (nSPS) is 10.5. The van der Waals surface area contributed by atoms with E-state index in [-0.39, 0.29) is 11.6 Å². The Kier molecular flexibility index (Phi) is 3.23. The second-order valence-corrected chi connectivity index (χ2v) is 4.68. The summed E-state index contributed by atoms with van der Waals surface area (Å²) in [5.41, 5.74) is 8.06. The van der Waals surface area contributed by atoms with E-state index in [1.54, 1.807) is 7.05 Å². The molecular formula is C16H14N4O. The average molecular weight is 278 g/mol. The van der Waals surface area contributed by atoms with Crippen LogP contribution in [0.4, 0.5) is 11.4 Å². The minimum absolute atomic E-state index is 0.167. The molecule has 3 rings (SSSR count). The van der Waals surface area contributed by atoms with Gasteiger partial charge in [0.15, 0.2) is 5.69 Å². The van der Waals surface area contributed by atoms with Gasteiger partial charge in [-0.2, -0.15) is 0 Å². The van der Waals surface area contributed by atoms with Crippen molar-refractivity contribution in [2.75, 3.05) is 17.7 Å². The third kappa shape index (κ3) is 2.29. The lowest BCUT2D eigenvalue weighted by Gasteiger charge is -2.17. The molecule has 0 spiro atoms. The molecule has 0 fully saturated rings. The van der Waals surface area contributed by atoms with Gasteiger partial charge in [0, 0.05) is 18.1 Å². The van der Waals surface area contributed by atoms with E-state index in [4.69, 9.17) is 5.73 Å². The number of rotatable bonds is 2. The van der Waals surface area contributed by atoms with E-state index >= 15 is 0 Å². The zero-order valence-corrected chi connectivity index (χ0v) is 11.5. The molecule has 3 aromatic rings. The molecule has 1 amide bonds. The molecular weight excluding hydrogens is 264 g/mol. The second kappa shape index (κ2) is 5.20. The SMILES string of the molecule is CN(C(=O)c1nnc2ccccc2c1N)c1ccccc1. The van der Waals surface area contributed by atoms with Crippen LogP contribution in [0, 0.1) is 0 Å². The van der Waals surface area contributed by atoms with Crippen molar-refractivity contribution in [1.29, 1.82) is 0 Å². The maximum Gasteiger partial charge on any atom is 0.280 e. The van der Waals surface area contributed by atoms with Crippen molar-refractivity contribution in [2.45, 2.75) is 0 Å². The maximum atomic E-state index is 12.6. The zero-order valence-electron chi connectivity index (χ0n) is 11.5. The summed E-state index contributed by atoms with van der Waals surface area (Å²) in [7, 11) is 1.69. The van der Waals surface area contributed by atoms with Gasteiger partial charge < -0.3 is 10.6 Å². The summed E-state index contributed by atoms with van der Waals surface area (Å²) in [6.07, 6.45) is 0. The Balaban J connectivity index is 2.04. The van der Waals surface area contributed by atoms with Crippen LogP contribution in [0.2, 0.25) is 0 Å². The van der Waals surface area contributed by atoms with E-state index < -0.39 is 0 Å². The Morgan fingerprint density at radius 1 is 1.00 bits per heavy atom. The number of hydrogen-bond donors (Lipinski definition) is 1. The minimum atomic E-state index is -0.281. The highest BCUT2D eigenvalue weighted by Crippen LogP contribution is 2.23. The number of anilines is 2. The Bertz CT molecular complexity index is 802. The molecule has 21 heavy (non-hydrogen) atoms. The third-order valence-electron chi connectivity index (χ3n) is 3.36. The maximum absolute atomic E-state index is 12.6. The van der Waals surface area contributed by atoms with Crippen molar-refractivity contribution in [2.24, 2.45) is 0 Å². The van der Waals surface area contributed by atoms with Gasteiger partial charge in [0.25, 0.3) is 5.91 Å². The number of nitrogens with two attached hydrogens (primary N) is 1. The Morgan fingerprint density at radius 2 is 1.67 bits per heavy atom. The molecule has 2 N–H and O–H groups in total. The smallest absolute Gasteiger partial charge is 0.280 e. The van der Waals surface area contributed by atoms with Crippen LogP contribution in [0.1, 0.15) is 10.5 Å². The number of carbonyl (C=O) groups excluding carboxylic acids is 1. The van der Waals surface area contributed by atoms with E-state index in [0.29, 0.717) is 11.2 Å². The minimum Gasteiger partial charge on any atom is -0.396 e. The van der Waals surface area contributed by atoms with Gasteiger partial charge in [-0.15, -0.1) is 10.2 Å². The van der Waals surface area contributed by atoms with Crippen LogP contribution in [0.5, 0.6) is 0 Å². The van der Waals surface area contributed by atoms with Crippen molar-refractivity contribution in [3.8, 4) is 0 Å². The van der Waals surface area contributed by atoms with Crippen molar-refractivity contribution < 1.29 is 4.79 Å². The molecule has 0 saturated heterocycles. The first kappa shape index (κ1) is 13.1. The fourth-order valence-electron chi connectivity index (χ4n) is 2.16. The molecule has 1 heterocycles. The molecule has 0 aliphatic heterocycles. The van der Waals surface area contributed by atoms with Gasteiger partial charge in [-0.1, -0.05) is 36.4 Å². The third-order valence-corrected chi connectivity index (χ3v) is 3.36. The molecule has 0 unspecified atom stereocenters. The first-order valence-corrected chi connectivity index (χ1v) is 6.52. The molecule has 1 aromatic heterocycles. The first-order chi connectivity index (χ1) is 10.2. The lowest BCUT2D eigenvalue weighted by molar-refractivity contribution is 0.0988. The Labute approximate surface area is 122 Å². The van der Waals surface area contributed by atoms with Crippen LogP contribution >= 0.6 is 0 Å². The van der Waals surface area contributed by atoms with Crippen LogP contribution < -0.4 is 10.6 Å². The molecule has 104 valence electrons. The van der Waals surface area contributed by atoms with Crippen molar-refractivity contribution >= 4 is 28.2 Å². The summed E-state index contributed by atoms with van der Waals surface area (Å²) in [4.78, 5) is 14.1. The van der Waals surface area contributed by atoms with Gasteiger partial charge in [-0.25, -0.2) is 0 Å². The molecule has 0 atom stereocenters. The second-order valence-electron chi connectivity index (χ2n) is 4.68. The zero-order chi connectivity index (χ0) is 14.8. The quantitative estimate of drug-likeness (QED) is 0.781. The van der Waals surface area contributed by atoms with Gasteiger partial charge in [-0.3, -0.25) is 4.79 Å². The Hall–Kier alpha value is -2.95. The lowest BCUT2D eigenvalue weighted by Crippen LogP contribution is -2.28. The standard InChI is InChI=1S/C16H14N4O/c1-20(11-7-3-2-4-8-11)16(21)15-14(17)12-9-5-6-10-13(12)18-19-15/h2-10H,1H3,(H2,17,18). The average Bonchev–Trinajstić information content (AvgIpc) is 2.55. The fraction of sp³-hybridized carbons (Fsp3) is 0.0625. The summed E-state index contributed by atoms with van der Waals surface area (Å²) < 4.78 is 0.